The van der Waals surface area contributed by atoms with E-state index < -0.39 is 0 Å². The number of hydrogen-bond donors (Lipinski definition) is 1. The van der Waals surface area contributed by atoms with Crippen LogP contribution in [0.5, 0.6) is 0 Å². The third-order valence-electron chi connectivity index (χ3n) is 1.97. The fraction of sp³-hybridized carbons (Fsp3) is 0.364. The maximum Gasteiger partial charge on any atom is 0.0491 e. The largest absolute Gasteiger partial charge is 0.322 e. The molecule has 0 aliphatic carbocycles. The lowest BCUT2D eigenvalue weighted by Gasteiger charge is -2.18. The lowest BCUT2D eigenvalue weighted by molar-refractivity contribution is 0.590. The highest BCUT2D eigenvalue weighted by Gasteiger charge is 2.12. The van der Waals surface area contributed by atoms with Gasteiger partial charge in [-0.15, -0.1) is 0 Å². The highest BCUT2D eigenvalue weighted by atomic mass is 14.5. The molecule has 1 rings (SSSR count). The van der Waals surface area contributed by atoms with Gasteiger partial charge in [0.1, 0.15) is 0 Å². The molecule has 0 aliphatic rings. The molecule has 12 heavy (non-hydrogen) atoms. The van der Waals surface area contributed by atoms with Gasteiger partial charge in [-0.05, 0) is 16.5 Å². The van der Waals surface area contributed by atoms with Crippen LogP contribution in [-0.4, -0.2) is 0 Å². The van der Waals surface area contributed by atoms with Gasteiger partial charge in [0.2, 0.25) is 0 Å². The molecule has 1 heteroatoms. The van der Waals surface area contributed by atoms with Gasteiger partial charge in [0.15, 0.2) is 0 Å². The average molecular weight is 162 g/mol. The summed E-state index contributed by atoms with van der Waals surface area (Å²) < 4.78 is 0. The summed E-state index contributed by atoms with van der Waals surface area (Å²) in [7, 11) is 0. The summed E-state index contributed by atoms with van der Waals surface area (Å²) in [6, 6.07) is 8.33. The van der Waals surface area contributed by atoms with Crippen LogP contribution in [0.4, 0.5) is 0 Å². The van der Waals surface area contributed by atoms with Gasteiger partial charge in [0, 0.05) is 6.54 Å². The van der Waals surface area contributed by atoms with Crippen LogP contribution in [-0.2, 0) is 5.41 Å². The first-order chi connectivity index (χ1) is 5.54. The topological polar surface area (TPSA) is 26.0 Å². The summed E-state index contributed by atoms with van der Waals surface area (Å²) in [5, 5.41) is 0. The lowest BCUT2D eigenvalue weighted by Crippen LogP contribution is -2.10. The van der Waals surface area contributed by atoms with Gasteiger partial charge in [-0.3, -0.25) is 0 Å². The smallest absolute Gasteiger partial charge is 0.0491 e. The van der Waals surface area contributed by atoms with Crippen LogP contribution in [0.2, 0.25) is 0 Å². The van der Waals surface area contributed by atoms with E-state index in [-0.39, 0.29) is 5.41 Å². The number of hydrogen-bond acceptors (Lipinski definition) is 1. The molecule has 2 N–H and O–H groups in total. The number of rotatable bonds is 1. The van der Waals surface area contributed by atoms with Gasteiger partial charge in [0.25, 0.3) is 0 Å². The monoisotopic (exact) mass is 162 g/mol. The van der Waals surface area contributed by atoms with Gasteiger partial charge >= 0.3 is 0 Å². The fourth-order valence-electron chi connectivity index (χ4n) is 1.09. The molecule has 1 aromatic carbocycles. The molecule has 0 aromatic heterocycles. The Hall–Kier alpha value is -0.820. The highest BCUT2D eigenvalue weighted by Crippen LogP contribution is 2.21. The standard InChI is InChI=1S/C11H16N/c1-11(2,3)10-6-4-9(8-12)5-7-10/h4-8H,12H2,1-3H3. The summed E-state index contributed by atoms with van der Waals surface area (Å²) in [4.78, 5) is 0. The van der Waals surface area contributed by atoms with Crippen molar-refractivity contribution in [1.82, 2.24) is 0 Å². The minimum atomic E-state index is 0.229. The molecular formula is C11H16N. The molecule has 0 aliphatic heterocycles. The van der Waals surface area contributed by atoms with Crippen LogP contribution in [0.1, 0.15) is 31.9 Å². The van der Waals surface area contributed by atoms with Crippen molar-refractivity contribution in [2.24, 2.45) is 5.73 Å². The van der Waals surface area contributed by atoms with E-state index in [9.17, 15) is 0 Å². The molecule has 1 nitrogen and oxygen atoms in total. The Kier molecular flexibility index (Phi) is 2.53. The molecule has 0 atom stereocenters. The zero-order valence-corrected chi connectivity index (χ0v) is 7.96. The molecule has 65 valence electrons. The summed E-state index contributed by atoms with van der Waals surface area (Å²) in [6.45, 7) is 8.23. The molecule has 0 saturated heterocycles. The summed E-state index contributed by atoms with van der Waals surface area (Å²) in [5.41, 5.74) is 8.03. The third kappa shape index (κ3) is 2.08. The quantitative estimate of drug-likeness (QED) is 0.674. The summed E-state index contributed by atoms with van der Waals surface area (Å²) in [5.74, 6) is 0. The van der Waals surface area contributed by atoms with Gasteiger partial charge in [-0.2, -0.15) is 0 Å². The average Bonchev–Trinajstić information content (AvgIpc) is 2.03. The van der Waals surface area contributed by atoms with E-state index in [0.717, 1.165) is 5.56 Å². The Morgan fingerprint density at radius 1 is 1.08 bits per heavy atom. The van der Waals surface area contributed by atoms with Crippen molar-refractivity contribution in [3.8, 4) is 0 Å². The molecule has 0 unspecified atom stereocenters. The normalized spacial score (nSPS) is 11.7. The van der Waals surface area contributed by atoms with Crippen molar-refractivity contribution in [1.29, 1.82) is 0 Å². The van der Waals surface area contributed by atoms with Crippen molar-refractivity contribution >= 4 is 0 Å². The number of nitrogens with two attached hydrogens (primary N) is 1. The van der Waals surface area contributed by atoms with E-state index in [2.05, 4.69) is 32.9 Å². The van der Waals surface area contributed by atoms with Crippen molar-refractivity contribution < 1.29 is 0 Å². The second kappa shape index (κ2) is 3.28. The van der Waals surface area contributed by atoms with Crippen LogP contribution < -0.4 is 5.73 Å². The van der Waals surface area contributed by atoms with E-state index in [1.54, 1.807) is 6.54 Å². The molecule has 0 heterocycles. The van der Waals surface area contributed by atoms with Gasteiger partial charge in [0.05, 0.1) is 0 Å². The minimum Gasteiger partial charge on any atom is -0.322 e. The van der Waals surface area contributed by atoms with E-state index in [1.165, 1.54) is 5.56 Å². The molecule has 0 spiro atoms. The van der Waals surface area contributed by atoms with Gasteiger partial charge in [-0.1, -0.05) is 45.0 Å². The fourth-order valence-corrected chi connectivity index (χ4v) is 1.09. The van der Waals surface area contributed by atoms with Crippen LogP contribution in [0.25, 0.3) is 0 Å². The molecule has 1 aromatic rings. The highest BCUT2D eigenvalue weighted by molar-refractivity contribution is 5.30. The van der Waals surface area contributed by atoms with E-state index in [4.69, 9.17) is 5.73 Å². The molecule has 1 radical (unpaired) electrons. The maximum absolute atomic E-state index is 5.38. The van der Waals surface area contributed by atoms with Crippen LogP contribution in [0, 0.1) is 6.54 Å². The first-order valence-electron chi connectivity index (χ1n) is 4.19. The first-order valence-corrected chi connectivity index (χ1v) is 4.19. The molecule has 0 saturated carbocycles. The molecule has 0 fully saturated rings. The third-order valence-corrected chi connectivity index (χ3v) is 1.97. The molecule has 0 amide bonds. The second-order valence-electron chi connectivity index (χ2n) is 4.04. The molecular weight excluding hydrogens is 146 g/mol. The van der Waals surface area contributed by atoms with Crippen molar-refractivity contribution in [2.45, 2.75) is 26.2 Å². The van der Waals surface area contributed by atoms with Crippen LogP contribution in [0.3, 0.4) is 0 Å². The van der Waals surface area contributed by atoms with Gasteiger partial charge in [-0.25, -0.2) is 0 Å². The maximum atomic E-state index is 5.38. The van der Waals surface area contributed by atoms with E-state index >= 15 is 0 Å². The molecule has 0 bridgehead atoms. The Balaban J connectivity index is 2.93. The predicted molar refractivity (Wildman–Crippen MR) is 52.7 cm³/mol. The Morgan fingerprint density at radius 3 is 1.92 bits per heavy atom. The van der Waals surface area contributed by atoms with E-state index in [1.807, 2.05) is 12.1 Å². The first kappa shape index (κ1) is 9.27. The van der Waals surface area contributed by atoms with Crippen molar-refractivity contribution in [2.75, 3.05) is 0 Å². The zero-order chi connectivity index (χ0) is 9.19. The van der Waals surface area contributed by atoms with Gasteiger partial charge < -0.3 is 5.73 Å². The lowest BCUT2D eigenvalue weighted by atomic mass is 9.87. The summed E-state index contributed by atoms with van der Waals surface area (Å²) >= 11 is 0. The Morgan fingerprint density at radius 2 is 1.58 bits per heavy atom. The number of benzene rings is 1. The van der Waals surface area contributed by atoms with Crippen LogP contribution in [0.15, 0.2) is 24.3 Å². The van der Waals surface area contributed by atoms with Crippen LogP contribution >= 0.6 is 0 Å². The SMILES string of the molecule is CC(C)(C)c1ccc([CH]N)cc1. The van der Waals surface area contributed by atoms with E-state index in [0.29, 0.717) is 0 Å². The minimum absolute atomic E-state index is 0.229. The second-order valence-corrected chi connectivity index (χ2v) is 4.04. The Labute approximate surface area is 74.6 Å². The Bertz CT molecular complexity index is 241. The van der Waals surface area contributed by atoms with Crippen molar-refractivity contribution in [3.05, 3.63) is 41.9 Å². The summed E-state index contributed by atoms with van der Waals surface area (Å²) in [6.07, 6.45) is 0. The predicted octanol–water partition coefficient (Wildman–Crippen LogP) is 2.45. The van der Waals surface area contributed by atoms with Crippen molar-refractivity contribution in [3.63, 3.8) is 0 Å². The zero-order valence-electron chi connectivity index (χ0n) is 7.96.